The number of carbonyl (C=O) groups excluding carboxylic acids is 3. The molecule has 0 radical (unpaired) electrons. The normalized spacial score (nSPS) is 12.0. The van der Waals surface area contributed by atoms with Crippen LogP contribution >= 0.6 is 11.8 Å². The number of carbonyl (C=O) groups is 3. The zero-order valence-electron chi connectivity index (χ0n) is 25.0. The number of ether oxygens (including phenoxy) is 1. The van der Waals surface area contributed by atoms with Gasteiger partial charge < -0.3 is 20.7 Å². The predicted molar refractivity (Wildman–Crippen MR) is 171 cm³/mol. The van der Waals surface area contributed by atoms with Gasteiger partial charge in [0.2, 0.25) is 0 Å². The van der Waals surface area contributed by atoms with Gasteiger partial charge in [0.25, 0.3) is 11.8 Å². The Bertz CT molecular complexity index is 1440. The molecule has 0 fully saturated rings. The number of nitrogens with one attached hydrogen (secondary N) is 3. The van der Waals surface area contributed by atoms with Gasteiger partial charge in [-0.05, 0) is 64.5 Å². The van der Waals surface area contributed by atoms with Crippen LogP contribution in [0.3, 0.4) is 0 Å². The molecule has 0 atom stereocenters. The zero-order chi connectivity index (χ0) is 30.7. The van der Waals surface area contributed by atoms with E-state index in [0.29, 0.717) is 46.4 Å². The number of nitrogens with zero attached hydrogens (tertiary/aromatic N) is 2. The maximum Gasteiger partial charge on any atom is 0.407 e. The minimum Gasteiger partial charge on any atom is -0.444 e. The van der Waals surface area contributed by atoms with Crippen LogP contribution in [0.1, 0.15) is 45.0 Å². The Hall–Kier alpha value is -4.31. The van der Waals surface area contributed by atoms with Crippen molar-refractivity contribution in [2.24, 2.45) is 7.05 Å². The van der Waals surface area contributed by atoms with Crippen LogP contribution in [-0.4, -0.2) is 51.3 Å². The first-order chi connectivity index (χ1) is 20.0. The van der Waals surface area contributed by atoms with Gasteiger partial charge in [-0.25, -0.2) is 4.79 Å². The van der Waals surface area contributed by atoms with Crippen LogP contribution in [0, 0.1) is 0 Å². The van der Waals surface area contributed by atoms with Crippen LogP contribution < -0.4 is 16.0 Å². The number of hydrogen-bond donors (Lipinski definition) is 3. The van der Waals surface area contributed by atoms with Crippen molar-refractivity contribution < 1.29 is 19.1 Å². The molecule has 0 bridgehead atoms. The summed E-state index contributed by atoms with van der Waals surface area (Å²) in [5, 5.41) is 13.1. The van der Waals surface area contributed by atoms with Crippen LogP contribution in [0.15, 0.2) is 84.0 Å². The average Bonchev–Trinajstić information content (AvgIpc) is 3.31. The Morgan fingerprint density at radius 1 is 0.976 bits per heavy atom. The van der Waals surface area contributed by atoms with Crippen molar-refractivity contribution in [2.45, 2.75) is 40.2 Å². The number of alkyl carbamates (subject to hydrolysis) is 1. The highest BCUT2D eigenvalue weighted by atomic mass is 32.2. The monoisotopic (exact) mass is 589 g/mol. The molecule has 0 aliphatic heterocycles. The first kappa shape index (κ1) is 32.2. The van der Waals surface area contributed by atoms with Crippen molar-refractivity contribution in [1.82, 2.24) is 15.1 Å². The Labute approximate surface area is 251 Å². The molecule has 42 heavy (non-hydrogen) atoms. The fourth-order valence-electron chi connectivity index (χ4n) is 3.93. The molecule has 9 nitrogen and oxygen atoms in total. The van der Waals surface area contributed by atoms with Gasteiger partial charge in [0.15, 0.2) is 0 Å². The first-order valence-corrected chi connectivity index (χ1v) is 14.8. The lowest BCUT2D eigenvalue weighted by Crippen LogP contribution is -2.33. The van der Waals surface area contributed by atoms with E-state index in [0.717, 1.165) is 11.1 Å². The van der Waals surface area contributed by atoms with Gasteiger partial charge in [-0.3, -0.25) is 14.3 Å². The fourth-order valence-corrected chi connectivity index (χ4v) is 4.86. The lowest BCUT2D eigenvalue weighted by molar-refractivity contribution is -0.112. The summed E-state index contributed by atoms with van der Waals surface area (Å²) >= 11 is 1.62. The lowest BCUT2D eigenvalue weighted by Gasteiger charge is -2.19. The number of anilines is 2. The van der Waals surface area contributed by atoms with Gasteiger partial charge in [0.05, 0.1) is 5.69 Å². The van der Waals surface area contributed by atoms with E-state index >= 15 is 0 Å². The van der Waals surface area contributed by atoms with Crippen LogP contribution in [0.2, 0.25) is 0 Å². The van der Waals surface area contributed by atoms with Crippen LogP contribution in [0.5, 0.6) is 0 Å². The Morgan fingerprint density at radius 2 is 1.67 bits per heavy atom. The summed E-state index contributed by atoms with van der Waals surface area (Å²) in [5.41, 5.74) is 3.73. The van der Waals surface area contributed by atoms with Crippen molar-refractivity contribution in [3.8, 4) is 11.3 Å². The molecule has 0 aliphatic rings. The molecule has 0 saturated heterocycles. The van der Waals surface area contributed by atoms with Crippen LogP contribution in [0.25, 0.3) is 11.3 Å². The van der Waals surface area contributed by atoms with E-state index in [1.54, 1.807) is 41.7 Å². The summed E-state index contributed by atoms with van der Waals surface area (Å²) in [5.74, 6) is 1.48. The van der Waals surface area contributed by atoms with Gasteiger partial charge in [0.1, 0.15) is 11.4 Å². The summed E-state index contributed by atoms with van der Waals surface area (Å²) in [6, 6.07) is 18.2. The average molecular weight is 590 g/mol. The molecule has 3 amide bonds. The number of amides is 3. The molecule has 0 unspecified atom stereocenters. The smallest absolute Gasteiger partial charge is 0.407 e. The number of benzene rings is 2. The van der Waals surface area contributed by atoms with E-state index in [1.807, 2.05) is 89.2 Å². The Morgan fingerprint density at radius 3 is 2.29 bits per heavy atom. The van der Waals surface area contributed by atoms with E-state index in [2.05, 4.69) is 21.0 Å². The Balaban J connectivity index is 1.54. The van der Waals surface area contributed by atoms with Crippen molar-refractivity contribution in [2.75, 3.05) is 28.7 Å². The molecule has 3 N–H and O–H groups in total. The quantitative estimate of drug-likeness (QED) is 0.135. The van der Waals surface area contributed by atoms with Crippen LogP contribution in [-0.2, 0) is 16.6 Å². The summed E-state index contributed by atoms with van der Waals surface area (Å²) < 4.78 is 6.87. The third-order valence-corrected chi connectivity index (χ3v) is 7.00. The molecule has 222 valence electrons. The minimum absolute atomic E-state index is 0.199. The molecule has 3 rings (SSSR count). The molecule has 0 saturated carbocycles. The highest BCUT2D eigenvalue weighted by Crippen LogP contribution is 2.25. The van der Waals surface area contributed by atoms with Crippen molar-refractivity contribution in [1.29, 1.82) is 0 Å². The molecular weight excluding hydrogens is 550 g/mol. The van der Waals surface area contributed by atoms with Gasteiger partial charge in [0, 0.05) is 53.6 Å². The molecule has 0 aliphatic carbocycles. The van der Waals surface area contributed by atoms with Crippen molar-refractivity contribution in [3.63, 3.8) is 0 Å². The van der Waals surface area contributed by atoms with Crippen molar-refractivity contribution >= 4 is 41.2 Å². The molecular formula is C32H39N5O4S. The standard InChI is InChI=1S/C32H39N5O4S/c1-7-22(21-42-19-18-33-31(40)41-32(3,4)5)26(8-2)30(39)34-25-16-14-23(15-17-25)27-20-28(37(6)36-27)35-29(38)24-12-10-9-11-13-24/h7-17,20H,18-19,21H2,1-6H3,(H,33,40)(H,34,39)(H,35,38)/b22-7-,26-8+. The molecule has 1 heterocycles. The summed E-state index contributed by atoms with van der Waals surface area (Å²) in [6.45, 7) is 9.68. The van der Waals surface area contributed by atoms with E-state index in [-0.39, 0.29) is 11.8 Å². The molecule has 1 aromatic heterocycles. The minimum atomic E-state index is -0.534. The number of allylic oxidation sites excluding steroid dienone is 2. The highest BCUT2D eigenvalue weighted by molar-refractivity contribution is 7.99. The third kappa shape index (κ3) is 9.66. The summed E-state index contributed by atoms with van der Waals surface area (Å²) in [4.78, 5) is 37.5. The second kappa shape index (κ2) is 15.1. The van der Waals surface area contributed by atoms with Gasteiger partial charge in [-0.15, -0.1) is 0 Å². The summed E-state index contributed by atoms with van der Waals surface area (Å²) in [6.07, 6.45) is 3.30. The number of rotatable bonds is 11. The van der Waals surface area contributed by atoms with Crippen molar-refractivity contribution in [3.05, 3.63) is 89.5 Å². The van der Waals surface area contributed by atoms with Gasteiger partial charge in [-0.2, -0.15) is 16.9 Å². The topological polar surface area (TPSA) is 114 Å². The number of thioether (sulfide) groups is 1. The summed E-state index contributed by atoms with van der Waals surface area (Å²) in [7, 11) is 1.77. The van der Waals surface area contributed by atoms with E-state index in [4.69, 9.17) is 4.74 Å². The van der Waals surface area contributed by atoms with E-state index in [9.17, 15) is 14.4 Å². The maximum absolute atomic E-state index is 13.1. The van der Waals surface area contributed by atoms with E-state index < -0.39 is 11.7 Å². The third-order valence-electron chi connectivity index (χ3n) is 6.00. The Kier molecular flexibility index (Phi) is 11.6. The number of aryl methyl sites for hydroxylation is 1. The predicted octanol–water partition coefficient (Wildman–Crippen LogP) is 6.43. The SMILES string of the molecule is C/C=C(CSCCNC(=O)OC(C)(C)C)\C(=C/C)C(=O)Nc1ccc(-c2cc(NC(=O)c3ccccc3)n(C)n2)cc1. The molecule has 2 aromatic carbocycles. The molecule has 0 spiro atoms. The fraction of sp³-hybridized carbons (Fsp3) is 0.312. The highest BCUT2D eigenvalue weighted by Gasteiger charge is 2.17. The first-order valence-electron chi connectivity index (χ1n) is 13.7. The van der Waals surface area contributed by atoms with E-state index in [1.165, 1.54) is 0 Å². The second-order valence-corrected chi connectivity index (χ2v) is 11.5. The maximum atomic E-state index is 13.1. The largest absolute Gasteiger partial charge is 0.444 e. The zero-order valence-corrected chi connectivity index (χ0v) is 25.8. The van der Waals surface area contributed by atoms with Gasteiger partial charge in [-0.1, -0.05) is 42.5 Å². The van der Waals surface area contributed by atoms with Crippen LogP contribution in [0.4, 0.5) is 16.3 Å². The molecule has 3 aromatic rings. The van der Waals surface area contributed by atoms with Gasteiger partial charge >= 0.3 is 6.09 Å². The lowest BCUT2D eigenvalue weighted by atomic mass is 10.1. The molecule has 10 heteroatoms. The number of hydrogen-bond acceptors (Lipinski definition) is 6. The number of aromatic nitrogens is 2. The second-order valence-electron chi connectivity index (χ2n) is 10.4.